The summed E-state index contributed by atoms with van der Waals surface area (Å²) in [5.41, 5.74) is 18.3. The van der Waals surface area contributed by atoms with Gasteiger partial charge in [0, 0.05) is 38.2 Å². The Labute approximate surface area is 428 Å². The van der Waals surface area contributed by atoms with Crippen molar-refractivity contribution in [2.75, 3.05) is 0 Å². The number of benzene rings is 11. The van der Waals surface area contributed by atoms with Crippen LogP contribution in [0.5, 0.6) is 0 Å². The van der Waals surface area contributed by atoms with E-state index in [0.717, 1.165) is 110 Å². The van der Waals surface area contributed by atoms with Crippen LogP contribution in [0.15, 0.2) is 273 Å². The van der Waals surface area contributed by atoms with Gasteiger partial charge in [-0.15, -0.1) is 0 Å². The highest BCUT2D eigenvalue weighted by atomic mass is 15.2. The van der Waals surface area contributed by atoms with Crippen molar-refractivity contribution in [3.8, 4) is 90.0 Å². The van der Waals surface area contributed by atoms with E-state index in [1.807, 2.05) is 18.2 Å². The molecule has 3 heterocycles. The molecule has 74 heavy (non-hydrogen) atoms. The molecular formula is C69H45N5. The smallest absolute Gasteiger partial charge is 0.238 e. The predicted octanol–water partition coefficient (Wildman–Crippen LogP) is 17.7. The van der Waals surface area contributed by atoms with E-state index >= 15 is 0 Å². The van der Waals surface area contributed by atoms with Gasteiger partial charge in [-0.2, -0.15) is 9.97 Å². The normalized spacial score (nSPS) is 11.5. The number of hydrogen-bond acceptors (Lipinski definition) is 3. The molecule has 0 saturated carbocycles. The van der Waals surface area contributed by atoms with Crippen LogP contribution in [0.25, 0.3) is 134 Å². The van der Waals surface area contributed by atoms with E-state index in [2.05, 4.69) is 264 Å². The van der Waals surface area contributed by atoms with E-state index in [9.17, 15) is 0 Å². The van der Waals surface area contributed by atoms with Crippen molar-refractivity contribution >= 4 is 43.6 Å². The Morgan fingerprint density at radius 1 is 0.230 bits per heavy atom. The molecule has 0 unspecified atom stereocenters. The fourth-order valence-corrected chi connectivity index (χ4v) is 11.0. The third-order valence-electron chi connectivity index (χ3n) is 14.4. The van der Waals surface area contributed by atoms with E-state index in [0.29, 0.717) is 17.6 Å². The second-order valence-electron chi connectivity index (χ2n) is 18.8. The Morgan fingerprint density at radius 2 is 0.649 bits per heavy atom. The number of aromatic nitrogens is 5. The average molecular weight is 944 g/mol. The fourth-order valence-electron chi connectivity index (χ4n) is 11.0. The first-order valence-electron chi connectivity index (χ1n) is 25.1. The minimum Gasteiger partial charge on any atom is -0.307 e. The summed E-state index contributed by atoms with van der Waals surface area (Å²) in [4.78, 5) is 16.5. The van der Waals surface area contributed by atoms with Gasteiger partial charge in [-0.3, -0.25) is 4.57 Å². The van der Waals surface area contributed by atoms with Crippen LogP contribution in [-0.2, 0) is 0 Å². The van der Waals surface area contributed by atoms with Crippen LogP contribution in [0.4, 0.5) is 0 Å². The molecule has 0 radical (unpaired) electrons. The van der Waals surface area contributed by atoms with E-state index in [4.69, 9.17) is 15.0 Å². The number of hydrogen-bond donors (Lipinski definition) is 0. The third-order valence-corrected chi connectivity index (χ3v) is 14.4. The van der Waals surface area contributed by atoms with Crippen molar-refractivity contribution in [1.82, 2.24) is 24.1 Å². The Balaban J connectivity index is 1.08. The molecule has 0 aliphatic heterocycles. The molecular weight excluding hydrogens is 899 g/mol. The second kappa shape index (κ2) is 18.0. The van der Waals surface area contributed by atoms with Crippen LogP contribution >= 0.6 is 0 Å². The second-order valence-corrected chi connectivity index (χ2v) is 18.8. The molecule has 0 aliphatic rings. The topological polar surface area (TPSA) is 48.5 Å². The largest absolute Gasteiger partial charge is 0.307 e. The summed E-state index contributed by atoms with van der Waals surface area (Å²) in [7, 11) is 0. The maximum absolute atomic E-state index is 5.63. The minimum atomic E-state index is 0.531. The highest BCUT2D eigenvalue weighted by molar-refractivity contribution is 6.24. The predicted molar refractivity (Wildman–Crippen MR) is 307 cm³/mol. The lowest BCUT2D eigenvalue weighted by molar-refractivity contribution is 0.953. The Hall–Kier alpha value is -9.97. The molecule has 0 amide bonds. The van der Waals surface area contributed by atoms with Gasteiger partial charge in [-0.05, 0) is 92.5 Å². The Bertz CT molecular complexity index is 4390. The van der Waals surface area contributed by atoms with Gasteiger partial charge in [0.25, 0.3) is 0 Å². The molecule has 14 aromatic rings. The maximum atomic E-state index is 5.63. The van der Waals surface area contributed by atoms with E-state index in [1.54, 1.807) is 0 Å². The minimum absolute atomic E-state index is 0.531. The lowest BCUT2D eigenvalue weighted by Gasteiger charge is -2.17. The van der Waals surface area contributed by atoms with Crippen LogP contribution in [0.3, 0.4) is 0 Å². The van der Waals surface area contributed by atoms with Crippen LogP contribution in [-0.4, -0.2) is 24.1 Å². The third kappa shape index (κ3) is 7.37. The van der Waals surface area contributed by atoms with E-state index < -0.39 is 0 Å². The Kier molecular flexibility index (Phi) is 10.4. The number of rotatable bonds is 9. The summed E-state index contributed by atoms with van der Waals surface area (Å²) in [5.74, 6) is 1.69. The molecule has 5 heteroatoms. The summed E-state index contributed by atoms with van der Waals surface area (Å²) in [5, 5.41) is 4.51. The monoisotopic (exact) mass is 943 g/mol. The lowest BCUT2D eigenvalue weighted by atomic mass is 9.91. The lowest BCUT2D eigenvalue weighted by Crippen LogP contribution is -2.07. The van der Waals surface area contributed by atoms with Crippen molar-refractivity contribution in [3.05, 3.63) is 273 Å². The molecule has 0 N–H and O–H groups in total. The zero-order chi connectivity index (χ0) is 49.0. The summed E-state index contributed by atoms with van der Waals surface area (Å²) < 4.78 is 4.76. The van der Waals surface area contributed by atoms with Gasteiger partial charge < -0.3 is 4.57 Å². The van der Waals surface area contributed by atoms with Crippen LogP contribution in [0, 0.1) is 0 Å². The summed E-state index contributed by atoms with van der Waals surface area (Å²) in [6, 6.07) is 97.2. The van der Waals surface area contributed by atoms with Crippen LogP contribution in [0.2, 0.25) is 0 Å². The molecule has 5 nitrogen and oxygen atoms in total. The molecule has 0 aliphatic carbocycles. The SMILES string of the molecule is c1ccc(-c2cc(-c3nc(-c4ccccc4)nc(-n4c5ccccc5c5ccc6c7ccccc7n(-c7ccc(-c8ccccc8)cc7-c7ccccc7)c6c54)n3)cc(-c3ccccc3-c3ccccc3)c2)cc1. The molecule has 0 atom stereocenters. The maximum Gasteiger partial charge on any atom is 0.238 e. The molecule has 0 fully saturated rings. The highest BCUT2D eigenvalue weighted by Gasteiger charge is 2.25. The summed E-state index contributed by atoms with van der Waals surface area (Å²) in [6.45, 7) is 0. The van der Waals surface area contributed by atoms with Crippen LogP contribution in [0.1, 0.15) is 0 Å². The first-order valence-corrected chi connectivity index (χ1v) is 25.1. The van der Waals surface area contributed by atoms with Gasteiger partial charge in [0.05, 0.1) is 27.8 Å². The summed E-state index contributed by atoms with van der Waals surface area (Å²) >= 11 is 0. The molecule has 11 aromatic carbocycles. The molecule has 0 saturated heterocycles. The van der Waals surface area contributed by atoms with Crippen LogP contribution < -0.4 is 0 Å². The fraction of sp³-hybridized carbons (Fsp3) is 0. The van der Waals surface area contributed by atoms with Gasteiger partial charge >= 0.3 is 0 Å². The van der Waals surface area contributed by atoms with Gasteiger partial charge in [-0.1, -0.05) is 231 Å². The van der Waals surface area contributed by atoms with Gasteiger partial charge in [-0.25, -0.2) is 4.98 Å². The Morgan fingerprint density at radius 3 is 1.24 bits per heavy atom. The number of fused-ring (bicyclic) bond motifs is 7. The number of para-hydroxylation sites is 2. The molecule has 0 spiro atoms. The summed E-state index contributed by atoms with van der Waals surface area (Å²) in [6.07, 6.45) is 0. The first kappa shape index (κ1) is 42.9. The van der Waals surface area contributed by atoms with Crippen molar-refractivity contribution in [3.63, 3.8) is 0 Å². The first-order chi connectivity index (χ1) is 36.7. The molecule has 14 rings (SSSR count). The standard InChI is InChI=1S/C69H45N5/c1-6-22-46(23-7-1)51-38-41-64(61(45-51)49-28-12-4-13-29-49)73-62-36-20-18-34-57(62)59-39-40-60-58-35-19-21-37-63(58)74(66(60)65(59)73)69-71-67(50-30-14-5-15-31-50)70-68(72-69)54-43-52(47-24-8-2-9-25-47)42-53(44-54)56-33-17-16-32-55(56)48-26-10-3-11-27-48/h1-45H. The number of nitrogens with zero attached hydrogens (tertiary/aromatic N) is 5. The van der Waals surface area contributed by atoms with Gasteiger partial charge in [0.2, 0.25) is 5.95 Å². The van der Waals surface area contributed by atoms with Crippen molar-refractivity contribution in [1.29, 1.82) is 0 Å². The molecule has 0 bridgehead atoms. The van der Waals surface area contributed by atoms with Gasteiger partial charge in [0.15, 0.2) is 11.6 Å². The van der Waals surface area contributed by atoms with E-state index in [-0.39, 0.29) is 0 Å². The zero-order valence-corrected chi connectivity index (χ0v) is 40.2. The molecule has 346 valence electrons. The van der Waals surface area contributed by atoms with E-state index in [1.165, 1.54) is 5.56 Å². The van der Waals surface area contributed by atoms with Crippen molar-refractivity contribution in [2.45, 2.75) is 0 Å². The zero-order valence-electron chi connectivity index (χ0n) is 40.2. The quantitative estimate of drug-likeness (QED) is 0.145. The van der Waals surface area contributed by atoms with Gasteiger partial charge in [0.1, 0.15) is 0 Å². The van der Waals surface area contributed by atoms with Crippen molar-refractivity contribution in [2.24, 2.45) is 0 Å². The van der Waals surface area contributed by atoms with Crippen molar-refractivity contribution < 1.29 is 0 Å². The average Bonchev–Trinajstić information content (AvgIpc) is 4.08. The highest BCUT2D eigenvalue weighted by Crippen LogP contribution is 2.44. The molecule has 3 aromatic heterocycles.